The van der Waals surface area contributed by atoms with E-state index >= 15 is 0 Å². The van der Waals surface area contributed by atoms with Gasteiger partial charge in [-0.2, -0.15) is 15.1 Å². The van der Waals surface area contributed by atoms with Gasteiger partial charge < -0.3 is 10.6 Å². The molecule has 100 valence electrons. The molecule has 1 aliphatic carbocycles. The Morgan fingerprint density at radius 1 is 1.53 bits per heavy atom. The van der Waals surface area contributed by atoms with Crippen LogP contribution in [0.15, 0.2) is 6.20 Å². The number of halogens is 1. The van der Waals surface area contributed by atoms with Crippen molar-refractivity contribution >= 4 is 34.4 Å². The van der Waals surface area contributed by atoms with Crippen LogP contribution in [0.1, 0.15) is 19.8 Å². The van der Waals surface area contributed by atoms with Crippen LogP contribution >= 0.6 is 11.6 Å². The summed E-state index contributed by atoms with van der Waals surface area (Å²) in [6, 6.07) is -0.0654. The minimum atomic E-state index is -0.398. The van der Waals surface area contributed by atoms with Crippen LogP contribution in [0.5, 0.6) is 0 Å². The number of fused-ring (bicyclic) bond motifs is 1. The zero-order chi connectivity index (χ0) is 13.4. The zero-order valence-electron chi connectivity index (χ0n) is 10.3. The number of aromatic nitrogens is 4. The molecule has 3 N–H and O–H groups in total. The molecule has 2 heterocycles. The van der Waals surface area contributed by atoms with E-state index in [1.54, 1.807) is 13.1 Å². The number of nitrogens with one attached hydrogen (secondary N) is 3. The number of hydrogen-bond acceptors (Lipinski definition) is 5. The second-order valence-electron chi connectivity index (χ2n) is 4.62. The first-order valence-electron chi connectivity index (χ1n) is 6.07. The van der Waals surface area contributed by atoms with E-state index in [0.717, 1.165) is 12.8 Å². The lowest BCUT2D eigenvalue weighted by atomic mass is 10.3. The van der Waals surface area contributed by atoms with E-state index in [1.807, 2.05) is 0 Å². The largest absolute Gasteiger partial charge is 0.358 e. The molecule has 1 atom stereocenters. The third-order valence-corrected chi connectivity index (χ3v) is 3.12. The minimum absolute atomic E-state index is 0.0473. The van der Waals surface area contributed by atoms with E-state index in [-0.39, 0.29) is 11.2 Å². The van der Waals surface area contributed by atoms with Crippen molar-refractivity contribution in [3.8, 4) is 0 Å². The van der Waals surface area contributed by atoms with Gasteiger partial charge in [-0.05, 0) is 31.4 Å². The third kappa shape index (κ3) is 2.60. The molecule has 0 aromatic carbocycles. The number of carbonyl (C=O) groups is 1. The number of nitrogens with zero attached hydrogens (tertiary/aromatic N) is 3. The van der Waals surface area contributed by atoms with Gasteiger partial charge >= 0.3 is 0 Å². The maximum Gasteiger partial charge on any atom is 0.242 e. The van der Waals surface area contributed by atoms with Crippen LogP contribution in [-0.4, -0.2) is 38.2 Å². The molecule has 1 aliphatic rings. The molecule has 0 aliphatic heterocycles. The predicted molar refractivity (Wildman–Crippen MR) is 70.9 cm³/mol. The summed E-state index contributed by atoms with van der Waals surface area (Å²) in [5, 5.41) is 13.4. The summed E-state index contributed by atoms with van der Waals surface area (Å²) in [5.41, 5.74) is 0.539. The van der Waals surface area contributed by atoms with Crippen molar-refractivity contribution in [1.82, 2.24) is 25.5 Å². The van der Waals surface area contributed by atoms with Gasteiger partial charge in [0.2, 0.25) is 11.2 Å². The fourth-order valence-corrected chi connectivity index (χ4v) is 1.91. The average Bonchev–Trinajstić information content (AvgIpc) is 3.04. The van der Waals surface area contributed by atoms with Gasteiger partial charge in [0.25, 0.3) is 0 Å². The number of amides is 1. The molecular weight excluding hydrogens is 268 g/mol. The Morgan fingerprint density at radius 3 is 3.05 bits per heavy atom. The molecule has 1 amide bonds. The van der Waals surface area contributed by atoms with Gasteiger partial charge in [0.05, 0.1) is 11.6 Å². The molecule has 0 saturated heterocycles. The predicted octanol–water partition coefficient (Wildman–Crippen LogP) is 1.09. The topological polar surface area (TPSA) is 95.6 Å². The van der Waals surface area contributed by atoms with E-state index < -0.39 is 6.04 Å². The molecule has 1 fully saturated rings. The second kappa shape index (κ2) is 4.65. The van der Waals surface area contributed by atoms with Crippen molar-refractivity contribution in [3.63, 3.8) is 0 Å². The lowest BCUT2D eigenvalue weighted by Crippen LogP contribution is -2.38. The quantitative estimate of drug-likeness (QED) is 0.729. The lowest BCUT2D eigenvalue weighted by Gasteiger charge is -2.14. The van der Waals surface area contributed by atoms with Crippen molar-refractivity contribution in [1.29, 1.82) is 0 Å². The van der Waals surface area contributed by atoms with Gasteiger partial charge in [-0.3, -0.25) is 9.89 Å². The summed E-state index contributed by atoms with van der Waals surface area (Å²) in [6.45, 7) is 1.78. The summed E-state index contributed by atoms with van der Waals surface area (Å²) >= 11 is 5.83. The molecular formula is C11H13ClN6O. The molecule has 19 heavy (non-hydrogen) atoms. The van der Waals surface area contributed by atoms with E-state index in [9.17, 15) is 4.79 Å². The minimum Gasteiger partial charge on any atom is -0.358 e. The normalized spacial score (nSPS) is 16.3. The fourth-order valence-electron chi connectivity index (χ4n) is 1.74. The molecule has 3 rings (SSSR count). The number of aromatic amines is 1. The SMILES string of the molecule is CC(Nc1nc(Cl)nc2[nH]ncc12)C(=O)NC1CC1. The van der Waals surface area contributed by atoms with Crippen molar-refractivity contribution in [2.75, 3.05) is 5.32 Å². The Hall–Kier alpha value is -1.89. The second-order valence-corrected chi connectivity index (χ2v) is 4.96. The highest BCUT2D eigenvalue weighted by molar-refractivity contribution is 6.28. The van der Waals surface area contributed by atoms with Crippen molar-refractivity contribution in [2.45, 2.75) is 31.8 Å². The Bertz CT molecular complexity index is 623. The maximum absolute atomic E-state index is 11.9. The van der Waals surface area contributed by atoms with Gasteiger partial charge in [-0.15, -0.1) is 0 Å². The molecule has 1 saturated carbocycles. The smallest absolute Gasteiger partial charge is 0.242 e. The van der Waals surface area contributed by atoms with Crippen molar-refractivity contribution in [3.05, 3.63) is 11.5 Å². The van der Waals surface area contributed by atoms with Crippen LogP contribution < -0.4 is 10.6 Å². The van der Waals surface area contributed by atoms with Gasteiger partial charge in [-0.25, -0.2) is 0 Å². The summed E-state index contributed by atoms with van der Waals surface area (Å²) in [5.74, 6) is 0.455. The number of hydrogen-bond donors (Lipinski definition) is 3. The number of carbonyl (C=O) groups excluding carboxylic acids is 1. The van der Waals surface area contributed by atoms with Crippen LogP contribution in [0.2, 0.25) is 5.28 Å². The van der Waals surface area contributed by atoms with E-state index in [1.165, 1.54) is 0 Å². The molecule has 8 heteroatoms. The molecule has 0 spiro atoms. The molecule has 0 bridgehead atoms. The molecule has 2 aromatic heterocycles. The standard InChI is InChI=1S/C11H13ClN6O/c1-5(10(19)15-6-2-3-6)14-8-7-4-13-18-9(7)17-11(12)16-8/h4-6H,2-3H2,1H3,(H,15,19)(H2,13,14,16,17,18). The van der Waals surface area contributed by atoms with Crippen LogP contribution in [0, 0.1) is 0 Å². The summed E-state index contributed by atoms with van der Waals surface area (Å²) < 4.78 is 0. The number of H-pyrrole nitrogens is 1. The molecule has 0 radical (unpaired) electrons. The maximum atomic E-state index is 11.9. The molecule has 1 unspecified atom stereocenters. The number of anilines is 1. The molecule has 7 nitrogen and oxygen atoms in total. The fraction of sp³-hybridized carbons (Fsp3) is 0.455. The van der Waals surface area contributed by atoms with Crippen LogP contribution in [0.4, 0.5) is 5.82 Å². The van der Waals surface area contributed by atoms with Crippen LogP contribution in [0.3, 0.4) is 0 Å². The summed E-state index contributed by atoms with van der Waals surface area (Å²) in [7, 11) is 0. The first kappa shape index (κ1) is 12.2. The highest BCUT2D eigenvalue weighted by atomic mass is 35.5. The van der Waals surface area contributed by atoms with E-state index in [2.05, 4.69) is 30.8 Å². The van der Waals surface area contributed by atoms with Crippen LogP contribution in [-0.2, 0) is 4.79 Å². The van der Waals surface area contributed by atoms with E-state index in [0.29, 0.717) is 22.9 Å². The first-order valence-corrected chi connectivity index (χ1v) is 6.45. The Kier molecular flexibility index (Phi) is 2.98. The Balaban J connectivity index is 1.79. The van der Waals surface area contributed by atoms with Gasteiger partial charge in [-0.1, -0.05) is 0 Å². The van der Waals surface area contributed by atoms with E-state index in [4.69, 9.17) is 11.6 Å². The highest BCUT2D eigenvalue weighted by Crippen LogP contribution is 2.21. The van der Waals surface area contributed by atoms with Gasteiger partial charge in [0.15, 0.2) is 5.65 Å². The lowest BCUT2D eigenvalue weighted by molar-refractivity contribution is -0.121. The Morgan fingerprint density at radius 2 is 2.32 bits per heavy atom. The van der Waals surface area contributed by atoms with Crippen LogP contribution in [0.25, 0.3) is 11.0 Å². The van der Waals surface area contributed by atoms with Gasteiger partial charge in [0, 0.05) is 6.04 Å². The monoisotopic (exact) mass is 280 g/mol. The number of rotatable bonds is 4. The third-order valence-electron chi connectivity index (χ3n) is 2.95. The van der Waals surface area contributed by atoms with Crippen molar-refractivity contribution in [2.24, 2.45) is 0 Å². The highest BCUT2D eigenvalue weighted by Gasteiger charge is 2.26. The van der Waals surface area contributed by atoms with Crippen molar-refractivity contribution < 1.29 is 4.79 Å². The summed E-state index contributed by atoms with van der Waals surface area (Å²) in [6.07, 6.45) is 3.72. The summed E-state index contributed by atoms with van der Waals surface area (Å²) in [4.78, 5) is 20.0. The molecule has 2 aromatic rings. The Labute approximate surface area is 114 Å². The first-order chi connectivity index (χ1) is 9.13. The van der Waals surface area contributed by atoms with Gasteiger partial charge in [0.1, 0.15) is 11.9 Å². The zero-order valence-corrected chi connectivity index (χ0v) is 11.0. The average molecular weight is 281 g/mol.